The van der Waals surface area contributed by atoms with Crippen molar-refractivity contribution in [1.82, 2.24) is 21.3 Å². The molecule has 1 unspecified atom stereocenters. The molecule has 0 heterocycles. The van der Waals surface area contributed by atoms with E-state index in [9.17, 15) is 9.59 Å². The predicted octanol–water partition coefficient (Wildman–Crippen LogP) is 2.48. The van der Waals surface area contributed by atoms with Crippen molar-refractivity contribution in [1.29, 1.82) is 0 Å². The lowest BCUT2D eigenvalue weighted by molar-refractivity contribution is 0.0936. The molecule has 0 aliphatic rings. The van der Waals surface area contributed by atoms with E-state index in [2.05, 4.69) is 26.3 Å². The molecule has 31 heavy (non-hydrogen) atoms. The van der Waals surface area contributed by atoms with Crippen LogP contribution in [-0.2, 0) is 13.0 Å². The first-order valence-corrected chi connectivity index (χ1v) is 10.6. The largest absolute Gasteiger partial charge is 0.356 e. The van der Waals surface area contributed by atoms with Crippen molar-refractivity contribution in [3.05, 3.63) is 70.8 Å². The van der Waals surface area contributed by atoms with Crippen LogP contribution in [0.3, 0.4) is 0 Å². The normalized spacial score (nSPS) is 12.1. The zero-order chi connectivity index (χ0) is 22.6. The molecule has 166 valence electrons. The molecule has 0 spiro atoms. The molecule has 0 saturated heterocycles. The fraction of sp³-hybridized carbons (Fsp3) is 0.375. The Morgan fingerprint density at radius 2 is 1.61 bits per heavy atom. The molecule has 0 aliphatic heterocycles. The second-order valence-corrected chi connectivity index (χ2v) is 7.37. The second kappa shape index (κ2) is 12.4. The van der Waals surface area contributed by atoms with E-state index in [1.165, 1.54) is 0 Å². The van der Waals surface area contributed by atoms with Crippen molar-refractivity contribution in [3.8, 4) is 0 Å². The topological polar surface area (TPSA) is 94.6 Å². The third-order valence-electron chi connectivity index (χ3n) is 4.98. The minimum atomic E-state index is -0.0904. The van der Waals surface area contributed by atoms with Crippen LogP contribution in [0, 0.1) is 0 Å². The molecule has 0 saturated carbocycles. The molecule has 0 aliphatic carbocycles. The van der Waals surface area contributed by atoms with Crippen molar-refractivity contribution in [3.63, 3.8) is 0 Å². The molecule has 4 N–H and O–H groups in total. The van der Waals surface area contributed by atoms with Crippen LogP contribution in [-0.4, -0.2) is 44.5 Å². The Labute approximate surface area is 184 Å². The molecule has 2 rings (SSSR count). The van der Waals surface area contributed by atoms with E-state index in [0.29, 0.717) is 30.2 Å². The van der Waals surface area contributed by atoms with Crippen LogP contribution in [0.4, 0.5) is 0 Å². The molecule has 2 aromatic carbocycles. The highest BCUT2D eigenvalue weighted by atomic mass is 16.2. The Morgan fingerprint density at radius 3 is 2.26 bits per heavy atom. The first-order chi connectivity index (χ1) is 15.0. The van der Waals surface area contributed by atoms with Crippen molar-refractivity contribution >= 4 is 17.8 Å². The average Bonchev–Trinajstić information content (AvgIpc) is 2.80. The molecule has 2 amide bonds. The molecule has 0 fully saturated rings. The number of nitrogens with one attached hydrogen (secondary N) is 4. The standard InChI is InChI=1S/C24H33N5O2/c1-5-17(2)29-23(31)21-11-7-9-19(15-21)16-28-24(26-4)27-13-12-18-8-6-10-20(14-18)22(30)25-3/h6-11,14-15,17H,5,12-13,16H2,1-4H3,(H,25,30)(H,29,31)(H2,26,27,28). The summed E-state index contributed by atoms with van der Waals surface area (Å²) in [7, 11) is 3.34. The van der Waals surface area contributed by atoms with Crippen LogP contribution in [0.5, 0.6) is 0 Å². The van der Waals surface area contributed by atoms with E-state index in [0.717, 1.165) is 24.0 Å². The Hall–Kier alpha value is -3.35. The van der Waals surface area contributed by atoms with Crippen molar-refractivity contribution < 1.29 is 9.59 Å². The zero-order valence-electron chi connectivity index (χ0n) is 18.8. The van der Waals surface area contributed by atoms with Gasteiger partial charge < -0.3 is 21.3 Å². The summed E-state index contributed by atoms with van der Waals surface area (Å²) in [6.45, 7) is 5.26. The fourth-order valence-electron chi connectivity index (χ4n) is 2.98. The molecule has 7 heteroatoms. The number of aliphatic imine (C=N–C) groups is 1. The number of benzene rings is 2. The molecule has 0 bridgehead atoms. The number of hydrogen-bond acceptors (Lipinski definition) is 3. The summed E-state index contributed by atoms with van der Waals surface area (Å²) in [5, 5.41) is 12.2. The van der Waals surface area contributed by atoms with E-state index in [1.54, 1.807) is 20.2 Å². The third-order valence-corrected chi connectivity index (χ3v) is 4.98. The minimum Gasteiger partial charge on any atom is -0.356 e. The molecule has 7 nitrogen and oxygen atoms in total. The number of rotatable bonds is 9. The summed E-state index contributed by atoms with van der Waals surface area (Å²) in [6.07, 6.45) is 1.65. The molecular formula is C24H33N5O2. The highest BCUT2D eigenvalue weighted by molar-refractivity contribution is 5.94. The monoisotopic (exact) mass is 423 g/mol. The van der Waals surface area contributed by atoms with Crippen LogP contribution in [0.2, 0.25) is 0 Å². The van der Waals surface area contributed by atoms with Gasteiger partial charge >= 0.3 is 0 Å². The van der Waals surface area contributed by atoms with Gasteiger partial charge in [-0.25, -0.2) is 0 Å². The summed E-state index contributed by atoms with van der Waals surface area (Å²) < 4.78 is 0. The quantitative estimate of drug-likeness (QED) is 0.368. The lowest BCUT2D eigenvalue weighted by atomic mass is 10.1. The number of amides is 2. The van der Waals surface area contributed by atoms with Gasteiger partial charge in [-0.1, -0.05) is 31.2 Å². The Kier molecular flexibility index (Phi) is 9.55. The number of guanidine groups is 1. The maximum Gasteiger partial charge on any atom is 0.251 e. The number of carbonyl (C=O) groups excluding carboxylic acids is 2. The summed E-state index contributed by atoms with van der Waals surface area (Å²) >= 11 is 0. The van der Waals surface area contributed by atoms with Gasteiger partial charge in [-0.2, -0.15) is 0 Å². The van der Waals surface area contributed by atoms with Crippen molar-refractivity contribution in [2.75, 3.05) is 20.6 Å². The van der Waals surface area contributed by atoms with Gasteiger partial charge in [0.1, 0.15) is 0 Å². The number of nitrogens with zero attached hydrogens (tertiary/aromatic N) is 1. The van der Waals surface area contributed by atoms with Gasteiger partial charge in [-0.15, -0.1) is 0 Å². The van der Waals surface area contributed by atoms with Gasteiger partial charge in [0.15, 0.2) is 5.96 Å². The highest BCUT2D eigenvalue weighted by Crippen LogP contribution is 2.07. The highest BCUT2D eigenvalue weighted by Gasteiger charge is 2.09. The summed E-state index contributed by atoms with van der Waals surface area (Å²) in [5.74, 6) is 0.530. The molecule has 2 aromatic rings. The second-order valence-electron chi connectivity index (χ2n) is 7.37. The lowest BCUT2D eigenvalue weighted by Crippen LogP contribution is -2.38. The Bertz CT molecular complexity index is 910. The molecule has 0 aromatic heterocycles. The average molecular weight is 424 g/mol. The summed E-state index contributed by atoms with van der Waals surface area (Å²) in [4.78, 5) is 28.3. The summed E-state index contributed by atoms with van der Waals surface area (Å²) in [5.41, 5.74) is 3.38. The van der Waals surface area contributed by atoms with E-state index in [1.807, 2.05) is 56.3 Å². The van der Waals surface area contributed by atoms with Gasteiger partial charge in [0.2, 0.25) is 0 Å². The van der Waals surface area contributed by atoms with Crippen LogP contribution in [0.1, 0.15) is 52.1 Å². The smallest absolute Gasteiger partial charge is 0.251 e. The van der Waals surface area contributed by atoms with E-state index in [4.69, 9.17) is 0 Å². The number of carbonyl (C=O) groups is 2. The molecular weight excluding hydrogens is 390 g/mol. The van der Waals surface area contributed by atoms with Crippen LogP contribution in [0.15, 0.2) is 53.5 Å². The van der Waals surface area contributed by atoms with Gasteiger partial charge in [0, 0.05) is 44.4 Å². The van der Waals surface area contributed by atoms with Gasteiger partial charge in [-0.05, 0) is 55.2 Å². The maximum absolute atomic E-state index is 12.3. The zero-order valence-corrected chi connectivity index (χ0v) is 18.8. The van der Waals surface area contributed by atoms with Crippen LogP contribution >= 0.6 is 0 Å². The van der Waals surface area contributed by atoms with Gasteiger partial charge in [0.05, 0.1) is 0 Å². The lowest BCUT2D eigenvalue weighted by Gasteiger charge is -2.14. The third kappa shape index (κ3) is 7.77. The van der Waals surface area contributed by atoms with E-state index in [-0.39, 0.29) is 17.9 Å². The predicted molar refractivity (Wildman–Crippen MR) is 125 cm³/mol. The molecule has 0 radical (unpaired) electrons. The first kappa shape index (κ1) is 23.9. The van der Waals surface area contributed by atoms with Crippen molar-refractivity contribution in [2.24, 2.45) is 4.99 Å². The fourth-order valence-corrected chi connectivity index (χ4v) is 2.98. The van der Waals surface area contributed by atoms with Gasteiger partial charge in [0.25, 0.3) is 11.8 Å². The van der Waals surface area contributed by atoms with E-state index >= 15 is 0 Å². The van der Waals surface area contributed by atoms with E-state index < -0.39 is 0 Å². The Morgan fingerprint density at radius 1 is 0.968 bits per heavy atom. The van der Waals surface area contributed by atoms with Gasteiger partial charge in [-0.3, -0.25) is 14.6 Å². The summed E-state index contributed by atoms with van der Waals surface area (Å²) in [6, 6.07) is 15.3. The maximum atomic E-state index is 12.3. The minimum absolute atomic E-state index is 0.0577. The SMILES string of the molecule is CCC(C)NC(=O)c1cccc(CNC(=NC)NCCc2cccc(C(=O)NC)c2)c1. The van der Waals surface area contributed by atoms with Crippen LogP contribution < -0.4 is 21.3 Å². The van der Waals surface area contributed by atoms with Crippen molar-refractivity contribution in [2.45, 2.75) is 39.3 Å². The van der Waals surface area contributed by atoms with Crippen LogP contribution in [0.25, 0.3) is 0 Å². The number of hydrogen-bond donors (Lipinski definition) is 4. The first-order valence-electron chi connectivity index (χ1n) is 10.6. The molecule has 1 atom stereocenters. The Balaban J connectivity index is 1.86.